The molecule has 2 aromatic rings. The third kappa shape index (κ3) is 5.18. The van der Waals surface area contributed by atoms with Gasteiger partial charge >= 0.3 is 5.97 Å². The number of nitrogens with one attached hydrogen (secondary N) is 1. The Balaban J connectivity index is 1.73. The van der Waals surface area contributed by atoms with Gasteiger partial charge in [0.15, 0.2) is 4.34 Å². The molecule has 0 unspecified atom stereocenters. The fraction of sp³-hybridized carbons (Fsp3) is 0.308. The monoisotopic (exact) mass is 309 g/mol. The second-order valence-corrected chi connectivity index (χ2v) is 6.38. The molecule has 0 saturated carbocycles. The predicted octanol–water partition coefficient (Wildman–Crippen LogP) is 3.11. The number of anilines is 1. The number of hydrogen-bond acceptors (Lipinski definition) is 6. The first kappa shape index (κ1) is 14.8. The van der Waals surface area contributed by atoms with Gasteiger partial charge in [-0.05, 0) is 12.0 Å². The second-order valence-electron chi connectivity index (χ2n) is 4.06. The van der Waals surface area contributed by atoms with Crippen LogP contribution in [-0.4, -0.2) is 27.0 Å². The molecule has 0 bridgehead atoms. The van der Waals surface area contributed by atoms with E-state index in [1.54, 1.807) is 11.8 Å². The van der Waals surface area contributed by atoms with Gasteiger partial charge in [-0.25, -0.2) is 0 Å². The molecule has 1 aromatic heterocycles. The predicted molar refractivity (Wildman–Crippen MR) is 81.3 cm³/mol. The van der Waals surface area contributed by atoms with Crippen molar-refractivity contribution in [2.45, 2.75) is 23.7 Å². The smallest absolute Gasteiger partial charge is 0.303 e. The Labute approximate surface area is 125 Å². The SMILES string of the molecule is O=C(O)CCCSc1nnc(NCc2ccccc2)s1. The summed E-state index contributed by atoms with van der Waals surface area (Å²) in [6.07, 6.45) is 0.845. The van der Waals surface area contributed by atoms with E-state index in [0.29, 0.717) is 6.42 Å². The average molecular weight is 309 g/mol. The molecule has 1 heterocycles. The minimum absolute atomic E-state index is 0.199. The van der Waals surface area contributed by atoms with Crippen molar-refractivity contribution in [2.75, 3.05) is 11.1 Å². The lowest BCUT2D eigenvalue weighted by Crippen LogP contribution is -1.98. The lowest BCUT2D eigenvalue weighted by atomic mass is 10.2. The fourth-order valence-corrected chi connectivity index (χ4v) is 3.25. The number of aliphatic carboxylic acids is 1. The van der Waals surface area contributed by atoms with Gasteiger partial charge in [-0.2, -0.15) is 0 Å². The summed E-state index contributed by atoms with van der Waals surface area (Å²) in [5.74, 6) is -0.00679. The molecule has 7 heteroatoms. The number of carbonyl (C=O) groups is 1. The summed E-state index contributed by atoms with van der Waals surface area (Å²) in [6.45, 7) is 0.721. The molecule has 0 aliphatic rings. The van der Waals surface area contributed by atoms with E-state index in [2.05, 4.69) is 27.6 Å². The highest BCUT2D eigenvalue weighted by Gasteiger charge is 2.05. The van der Waals surface area contributed by atoms with E-state index in [-0.39, 0.29) is 6.42 Å². The molecule has 0 fully saturated rings. The molecular weight excluding hydrogens is 294 g/mol. The quantitative estimate of drug-likeness (QED) is 0.576. The topological polar surface area (TPSA) is 75.1 Å². The van der Waals surface area contributed by atoms with E-state index in [9.17, 15) is 4.79 Å². The largest absolute Gasteiger partial charge is 0.481 e. The summed E-state index contributed by atoms with van der Waals surface area (Å²) in [6, 6.07) is 10.1. The van der Waals surface area contributed by atoms with Crippen molar-refractivity contribution in [1.82, 2.24) is 10.2 Å². The van der Waals surface area contributed by atoms with Crippen LogP contribution in [0.1, 0.15) is 18.4 Å². The maximum Gasteiger partial charge on any atom is 0.303 e. The standard InChI is InChI=1S/C13H15N3O2S2/c17-11(18)7-4-8-19-13-16-15-12(20-13)14-9-10-5-2-1-3-6-10/h1-3,5-6H,4,7-9H2,(H,14,15)(H,17,18). The van der Waals surface area contributed by atoms with E-state index >= 15 is 0 Å². The lowest BCUT2D eigenvalue weighted by molar-refractivity contribution is -0.137. The van der Waals surface area contributed by atoms with Crippen molar-refractivity contribution >= 4 is 34.2 Å². The second kappa shape index (κ2) is 7.86. The van der Waals surface area contributed by atoms with E-state index in [1.807, 2.05) is 18.2 Å². The molecule has 2 N–H and O–H groups in total. The van der Waals surface area contributed by atoms with Crippen molar-refractivity contribution < 1.29 is 9.90 Å². The molecule has 0 aliphatic heterocycles. The third-order valence-electron chi connectivity index (χ3n) is 2.45. The Morgan fingerprint density at radius 1 is 1.30 bits per heavy atom. The van der Waals surface area contributed by atoms with Crippen LogP contribution in [0.3, 0.4) is 0 Å². The van der Waals surface area contributed by atoms with E-state index in [1.165, 1.54) is 16.9 Å². The first-order valence-electron chi connectivity index (χ1n) is 6.20. The highest BCUT2D eigenvalue weighted by Crippen LogP contribution is 2.26. The molecule has 0 aliphatic carbocycles. The van der Waals surface area contributed by atoms with Gasteiger partial charge < -0.3 is 10.4 Å². The number of nitrogens with zero attached hydrogens (tertiary/aromatic N) is 2. The van der Waals surface area contributed by atoms with Crippen LogP contribution in [-0.2, 0) is 11.3 Å². The summed E-state index contributed by atoms with van der Waals surface area (Å²) in [5, 5.41) is 20.7. The number of aromatic nitrogens is 2. The van der Waals surface area contributed by atoms with Crippen LogP contribution in [0, 0.1) is 0 Å². The summed E-state index contributed by atoms with van der Waals surface area (Å²) in [7, 11) is 0. The Kier molecular flexibility index (Phi) is 5.82. The van der Waals surface area contributed by atoms with Crippen LogP contribution in [0.4, 0.5) is 5.13 Å². The van der Waals surface area contributed by atoms with Crippen molar-refractivity contribution in [2.24, 2.45) is 0 Å². The number of carboxylic acid groups (broad SMARTS) is 1. The van der Waals surface area contributed by atoms with E-state index in [0.717, 1.165) is 21.8 Å². The lowest BCUT2D eigenvalue weighted by Gasteiger charge is -2.00. The Morgan fingerprint density at radius 3 is 2.85 bits per heavy atom. The highest BCUT2D eigenvalue weighted by atomic mass is 32.2. The van der Waals surface area contributed by atoms with Crippen molar-refractivity contribution in [3.8, 4) is 0 Å². The molecule has 0 spiro atoms. The molecule has 0 radical (unpaired) electrons. The summed E-state index contributed by atoms with van der Waals surface area (Å²) in [4.78, 5) is 10.4. The van der Waals surface area contributed by atoms with Crippen molar-refractivity contribution in [3.63, 3.8) is 0 Å². The zero-order valence-corrected chi connectivity index (χ0v) is 12.4. The summed E-state index contributed by atoms with van der Waals surface area (Å²) in [5.41, 5.74) is 1.19. The Hall–Kier alpha value is -1.60. The molecule has 1 aromatic carbocycles. The maximum atomic E-state index is 10.4. The Morgan fingerprint density at radius 2 is 2.10 bits per heavy atom. The zero-order chi connectivity index (χ0) is 14.2. The van der Waals surface area contributed by atoms with Gasteiger partial charge in [0.2, 0.25) is 5.13 Å². The fourth-order valence-electron chi connectivity index (χ4n) is 1.50. The zero-order valence-electron chi connectivity index (χ0n) is 10.8. The van der Waals surface area contributed by atoms with E-state index in [4.69, 9.17) is 5.11 Å². The molecule has 2 rings (SSSR count). The number of hydrogen-bond donors (Lipinski definition) is 2. The Bertz CT molecular complexity index is 546. The van der Waals surface area contributed by atoms with Gasteiger partial charge in [-0.1, -0.05) is 53.4 Å². The van der Waals surface area contributed by atoms with Crippen LogP contribution in [0.15, 0.2) is 34.7 Å². The first-order chi connectivity index (χ1) is 9.74. The molecule has 0 amide bonds. The van der Waals surface area contributed by atoms with Crippen LogP contribution in [0.2, 0.25) is 0 Å². The van der Waals surface area contributed by atoms with Gasteiger partial charge in [-0.15, -0.1) is 10.2 Å². The number of carboxylic acids is 1. The number of rotatable bonds is 8. The average Bonchev–Trinajstić information content (AvgIpc) is 2.90. The summed E-state index contributed by atoms with van der Waals surface area (Å²) < 4.78 is 0.867. The van der Waals surface area contributed by atoms with Gasteiger partial charge in [0.25, 0.3) is 0 Å². The van der Waals surface area contributed by atoms with Crippen molar-refractivity contribution in [1.29, 1.82) is 0 Å². The van der Waals surface area contributed by atoms with Gasteiger partial charge in [-0.3, -0.25) is 4.79 Å². The molecule has 5 nitrogen and oxygen atoms in total. The van der Waals surface area contributed by atoms with E-state index < -0.39 is 5.97 Å². The van der Waals surface area contributed by atoms with Gasteiger partial charge in [0, 0.05) is 18.7 Å². The molecule has 0 saturated heterocycles. The van der Waals surface area contributed by atoms with Crippen LogP contribution >= 0.6 is 23.1 Å². The van der Waals surface area contributed by atoms with Crippen LogP contribution in [0.5, 0.6) is 0 Å². The molecular formula is C13H15N3O2S2. The molecule has 20 heavy (non-hydrogen) atoms. The number of benzene rings is 1. The number of thioether (sulfide) groups is 1. The minimum atomic E-state index is -0.756. The molecule has 106 valence electrons. The maximum absolute atomic E-state index is 10.4. The van der Waals surface area contributed by atoms with Crippen LogP contribution in [0.25, 0.3) is 0 Å². The van der Waals surface area contributed by atoms with Crippen molar-refractivity contribution in [3.05, 3.63) is 35.9 Å². The van der Waals surface area contributed by atoms with Crippen LogP contribution < -0.4 is 5.32 Å². The third-order valence-corrected chi connectivity index (χ3v) is 4.55. The molecule has 0 atom stereocenters. The van der Waals surface area contributed by atoms with Gasteiger partial charge in [0.1, 0.15) is 0 Å². The minimum Gasteiger partial charge on any atom is -0.481 e. The van der Waals surface area contributed by atoms with Gasteiger partial charge in [0.05, 0.1) is 0 Å². The summed E-state index contributed by atoms with van der Waals surface area (Å²) >= 11 is 3.04. The highest BCUT2D eigenvalue weighted by molar-refractivity contribution is 8.01. The first-order valence-corrected chi connectivity index (χ1v) is 8.00. The normalized spacial score (nSPS) is 10.4.